The van der Waals surface area contributed by atoms with Crippen LogP contribution in [0, 0.1) is 32.6 Å². The molecule has 2 aromatic heterocycles. The van der Waals surface area contributed by atoms with Crippen LogP contribution < -0.4 is 0 Å². The molecule has 0 spiro atoms. The Morgan fingerprint density at radius 2 is 1.76 bits per heavy atom. The molecule has 3 aromatic rings. The maximum absolute atomic E-state index is 10.3. The first-order valence-corrected chi connectivity index (χ1v) is 9.30. The lowest BCUT2D eigenvalue weighted by Crippen LogP contribution is -2.33. The molecule has 1 unspecified atom stereocenters. The van der Waals surface area contributed by atoms with E-state index >= 15 is 0 Å². The number of aliphatic hydroxyl groups is 3. The topological polar surface area (TPSA) is 114 Å². The molecule has 1 aliphatic heterocycles. The van der Waals surface area contributed by atoms with Crippen molar-refractivity contribution < 1.29 is 20.1 Å². The van der Waals surface area contributed by atoms with Crippen molar-refractivity contribution in [2.75, 3.05) is 6.61 Å². The Morgan fingerprint density at radius 1 is 1.03 bits per heavy atom. The molecule has 1 aromatic carbocycles. The maximum Gasteiger partial charge on any atom is 0.166 e. The molecular weight excluding hydrogens is 372 g/mol. The third kappa shape index (κ3) is 3.39. The van der Waals surface area contributed by atoms with Crippen LogP contribution in [0.3, 0.4) is 0 Å². The third-order valence-corrected chi connectivity index (χ3v) is 5.13. The molecule has 1 saturated heterocycles. The number of fused-ring (bicyclic) bond motifs is 1. The monoisotopic (exact) mass is 394 g/mol. The van der Waals surface area contributed by atoms with E-state index in [1.165, 1.54) is 22.8 Å². The van der Waals surface area contributed by atoms with E-state index in [1.54, 1.807) is 0 Å². The van der Waals surface area contributed by atoms with E-state index in [-0.39, 0.29) is 0 Å². The minimum Gasteiger partial charge on any atom is -0.394 e. The molecule has 150 valence electrons. The summed E-state index contributed by atoms with van der Waals surface area (Å²) in [5.74, 6) is 6.26. The van der Waals surface area contributed by atoms with Crippen molar-refractivity contribution in [1.82, 2.24) is 19.5 Å². The van der Waals surface area contributed by atoms with Crippen LogP contribution in [0.15, 0.2) is 24.8 Å². The number of hydrogen-bond acceptors (Lipinski definition) is 7. The van der Waals surface area contributed by atoms with Crippen LogP contribution in [0.5, 0.6) is 0 Å². The Morgan fingerprint density at radius 3 is 2.41 bits per heavy atom. The molecule has 4 rings (SSSR count). The summed E-state index contributed by atoms with van der Waals surface area (Å²) < 4.78 is 7.10. The molecule has 0 amide bonds. The summed E-state index contributed by atoms with van der Waals surface area (Å²) >= 11 is 0. The summed E-state index contributed by atoms with van der Waals surface area (Å²) in [6, 6.07) is 4.17. The lowest BCUT2D eigenvalue weighted by atomic mass is 10.0. The molecule has 3 N–H and O–H groups in total. The third-order valence-electron chi connectivity index (χ3n) is 5.13. The molecule has 0 aliphatic carbocycles. The summed E-state index contributed by atoms with van der Waals surface area (Å²) in [6.07, 6.45) is -1.36. The van der Waals surface area contributed by atoms with Crippen molar-refractivity contribution >= 4 is 11.2 Å². The van der Waals surface area contributed by atoms with Crippen LogP contribution in [0.25, 0.3) is 11.2 Å². The van der Waals surface area contributed by atoms with Crippen LogP contribution in [0.1, 0.15) is 34.2 Å². The second kappa shape index (κ2) is 7.54. The van der Waals surface area contributed by atoms with Gasteiger partial charge in [0.25, 0.3) is 0 Å². The average molecular weight is 394 g/mol. The highest BCUT2D eigenvalue weighted by atomic mass is 16.6. The van der Waals surface area contributed by atoms with E-state index in [0.717, 1.165) is 16.7 Å². The van der Waals surface area contributed by atoms with Gasteiger partial charge < -0.3 is 20.1 Å². The minimum absolute atomic E-state index is 0.400. The van der Waals surface area contributed by atoms with Gasteiger partial charge in [-0.1, -0.05) is 23.6 Å². The predicted octanol–water partition coefficient (Wildman–Crippen LogP) is 0.763. The van der Waals surface area contributed by atoms with Gasteiger partial charge >= 0.3 is 0 Å². The standard InChI is InChI=1S/C21H22N4O4/c1-11-6-12(2)14(13(3)7-11)4-5-15-17-20(23-9-22-15)25(10-24-17)21-19(28)18(27)16(8-26)29-21/h6-7,9-10,16,18-19,21,26-28H,8H2,1-3H3/t16-,18-,19-,21?/m1/s1. The highest BCUT2D eigenvalue weighted by Gasteiger charge is 2.43. The van der Waals surface area contributed by atoms with Crippen LogP contribution in [-0.4, -0.2) is 59.8 Å². The number of imidazole rings is 1. The van der Waals surface area contributed by atoms with Crippen molar-refractivity contribution in [3.8, 4) is 11.8 Å². The Labute approximate surface area is 167 Å². The van der Waals surface area contributed by atoms with Crippen molar-refractivity contribution in [2.45, 2.75) is 45.3 Å². The molecule has 3 heterocycles. The molecule has 0 bridgehead atoms. The SMILES string of the molecule is Cc1cc(C)c(C#Cc2ncnc3c2ncn3C2O[C@H](CO)[C@@H](O)[C@H]2O)c(C)c1. The van der Waals surface area contributed by atoms with E-state index in [2.05, 4.69) is 45.8 Å². The van der Waals surface area contributed by atoms with Gasteiger partial charge in [-0.25, -0.2) is 15.0 Å². The van der Waals surface area contributed by atoms with Gasteiger partial charge in [0.15, 0.2) is 11.9 Å². The Balaban J connectivity index is 1.74. The van der Waals surface area contributed by atoms with E-state index in [1.807, 2.05) is 13.8 Å². The van der Waals surface area contributed by atoms with E-state index in [9.17, 15) is 15.3 Å². The molecule has 8 heteroatoms. The molecule has 29 heavy (non-hydrogen) atoms. The predicted molar refractivity (Wildman–Crippen MR) is 105 cm³/mol. The summed E-state index contributed by atoms with van der Waals surface area (Å²) in [6.45, 7) is 5.70. The largest absolute Gasteiger partial charge is 0.394 e. The summed E-state index contributed by atoms with van der Waals surface area (Å²) in [5, 5.41) is 29.6. The van der Waals surface area contributed by atoms with E-state index in [4.69, 9.17) is 4.74 Å². The maximum atomic E-state index is 10.3. The molecule has 0 radical (unpaired) electrons. The Bertz CT molecular complexity index is 1110. The second-order valence-corrected chi connectivity index (χ2v) is 7.30. The van der Waals surface area contributed by atoms with Crippen LogP contribution in [-0.2, 0) is 4.74 Å². The number of aryl methyl sites for hydroxylation is 3. The van der Waals surface area contributed by atoms with Crippen LogP contribution >= 0.6 is 0 Å². The fourth-order valence-electron chi connectivity index (χ4n) is 3.74. The molecule has 0 saturated carbocycles. The first-order valence-electron chi connectivity index (χ1n) is 9.30. The fourth-order valence-corrected chi connectivity index (χ4v) is 3.74. The quantitative estimate of drug-likeness (QED) is 0.550. The first-order chi connectivity index (χ1) is 13.9. The van der Waals surface area contributed by atoms with Crippen molar-refractivity contribution in [3.63, 3.8) is 0 Å². The fraction of sp³-hybridized carbons (Fsp3) is 0.381. The minimum atomic E-state index is -1.22. The van der Waals surface area contributed by atoms with Crippen molar-refractivity contribution in [3.05, 3.63) is 52.7 Å². The number of hydrogen-bond donors (Lipinski definition) is 3. The summed E-state index contributed by atoms with van der Waals surface area (Å²) in [4.78, 5) is 12.8. The molecule has 4 atom stereocenters. The zero-order valence-electron chi connectivity index (χ0n) is 16.4. The smallest absolute Gasteiger partial charge is 0.166 e. The van der Waals surface area contributed by atoms with E-state index < -0.39 is 31.1 Å². The van der Waals surface area contributed by atoms with Crippen LogP contribution in [0.2, 0.25) is 0 Å². The van der Waals surface area contributed by atoms with Gasteiger partial charge in [0.1, 0.15) is 35.8 Å². The number of aliphatic hydroxyl groups excluding tert-OH is 3. The number of benzene rings is 1. The number of nitrogens with zero attached hydrogens (tertiary/aromatic N) is 4. The normalized spacial score (nSPS) is 23.9. The highest BCUT2D eigenvalue weighted by Crippen LogP contribution is 2.31. The number of rotatable bonds is 2. The van der Waals surface area contributed by atoms with Crippen molar-refractivity contribution in [2.24, 2.45) is 0 Å². The van der Waals surface area contributed by atoms with Gasteiger partial charge in [-0.15, -0.1) is 0 Å². The van der Waals surface area contributed by atoms with Gasteiger partial charge in [-0.3, -0.25) is 4.57 Å². The second-order valence-electron chi connectivity index (χ2n) is 7.30. The lowest BCUT2D eigenvalue weighted by Gasteiger charge is -2.16. The summed E-state index contributed by atoms with van der Waals surface area (Å²) in [7, 11) is 0. The molecule has 8 nitrogen and oxygen atoms in total. The van der Waals surface area contributed by atoms with Gasteiger partial charge in [0.05, 0.1) is 12.9 Å². The zero-order chi connectivity index (χ0) is 20.7. The first kappa shape index (κ1) is 19.5. The average Bonchev–Trinajstić information content (AvgIpc) is 3.23. The molecular formula is C21H22N4O4. The van der Waals surface area contributed by atoms with Gasteiger partial charge in [0, 0.05) is 5.56 Å². The van der Waals surface area contributed by atoms with Gasteiger partial charge in [0.2, 0.25) is 0 Å². The molecule has 1 fully saturated rings. The lowest BCUT2D eigenvalue weighted by molar-refractivity contribution is -0.0511. The number of ether oxygens (including phenoxy) is 1. The number of aromatic nitrogens is 4. The van der Waals surface area contributed by atoms with Gasteiger partial charge in [-0.05, 0) is 37.8 Å². The van der Waals surface area contributed by atoms with E-state index in [0.29, 0.717) is 16.9 Å². The van der Waals surface area contributed by atoms with Crippen molar-refractivity contribution in [1.29, 1.82) is 0 Å². The van der Waals surface area contributed by atoms with Gasteiger partial charge in [-0.2, -0.15) is 0 Å². The Kier molecular flexibility index (Phi) is 5.06. The summed E-state index contributed by atoms with van der Waals surface area (Å²) in [5.41, 5.74) is 5.68. The Hall–Kier alpha value is -2.83. The van der Waals surface area contributed by atoms with Crippen LogP contribution in [0.4, 0.5) is 0 Å². The zero-order valence-corrected chi connectivity index (χ0v) is 16.4. The molecule has 1 aliphatic rings. The highest BCUT2D eigenvalue weighted by molar-refractivity contribution is 5.76.